The summed E-state index contributed by atoms with van der Waals surface area (Å²) in [6.45, 7) is 6.47. The summed E-state index contributed by atoms with van der Waals surface area (Å²) in [5, 5.41) is 0. The first-order valence-electron chi connectivity index (χ1n) is 6.33. The molecule has 0 fully saturated rings. The molecule has 0 aliphatic heterocycles. The van der Waals surface area contributed by atoms with Gasteiger partial charge in [0.1, 0.15) is 5.75 Å². The Kier molecular flexibility index (Phi) is 6.41. The maximum absolute atomic E-state index is 5.83. The van der Waals surface area contributed by atoms with Crippen molar-refractivity contribution in [3.8, 4) is 5.75 Å². The number of allylic oxidation sites excluding steroid dienone is 1. The maximum atomic E-state index is 5.83. The largest absolute Gasteiger partial charge is 0.494 e. The molecule has 0 spiro atoms. The van der Waals surface area contributed by atoms with Crippen molar-refractivity contribution >= 4 is 0 Å². The zero-order chi connectivity index (χ0) is 12.5. The van der Waals surface area contributed by atoms with E-state index >= 15 is 0 Å². The molecule has 1 rings (SSSR count). The fourth-order valence-corrected chi connectivity index (χ4v) is 1.65. The van der Waals surface area contributed by atoms with Crippen LogP contribution in [-0.2, 0) is 0 Å². The molecule has 0 unspecified atom stereocenters. The molecule has 17 heavy (non-hydrogen) atoms. The Hall–Kier alpha value is -1.28. The van der Waals surface area contributed by atoms with Gasteiger partial charge < -0.3 is 10.5 Å². The second-order valence-electron chi connectivity index (χ2n) is 4.35. The standard InChI is InChI=1S/C15H23NO/c1-3-4-5-6-7-11-17-15-10-8-9-14(12-15)13(2)16/h3,8-10,12-13H,1,4-7,11,16H2,2H3/t13-/m1/s1. The van der Waals surface area contributed by atoms with Gasteiger partial charge in [0.2, 0.25) is 0 Å². The van der Waals surface area contributed by atoms with Crippen molar-refractivity contribution < 1.29 is 4.74 Å². The van der Waals surface area contributed by atoms with E-state index in [2.05, 4.69) is 6.58 Å². The summed E-state index contributed by atoms with van der Waals surface area (Å²) >= 11 is 0. The summed E-state index contributed by atoms with van der Waals surface area (Å²) < 4.78 is 5.70. The first-order valence-corrected chi connectivity index (χ1v) is 6.33. The van der Waals surface area contributed by atoms with Crippen molar-refractivity contribution in [3.05, 3.63) is 42.5 Å². The van der Waals surface area contributed by atoms with E-state index in [9.17, 15) is 0 Å². The van der Waals surface area contributed by atoms with Crippen molar-refractivity contribution in [1.29, 1.82) is 0 Å². The van der Waals surface area contributed by atoms with Gasteiger partial charge in [-0.05, 0) is 50.3 Å². The summed E-state index contributed by atoms with van der Waals surface area (Å²) in [7, 11) is 0. The zero-order valence-electron chi connectivity index (χ0n) is 10.7. The molecule has 1 aromatic rings. The minimum Gasteiger partial charge on any atom is -0.494 e. The van der Waals surface area contributed by atoms with E-state index in [1.54, 1.807) is 0 Å². The van der Waals surface area contributed by atoms with Crippen LogP contribution < -0.4 is 10.5 Å². The van der Waals surface area contributed by atoms with E-state index in [1.807, 2.05) is 37.3 Å². The Morgan fingerprint density at radius 1 is 1.35 bits per heavy atom. The monoisotopic (exact) mass is 233 g/mol. The van der Waals surface area contributed by atoms with Crippen molar-refractivity contribution in [2.45, 2.75) is 38.6 Å². The summed E-state index contributed by atoms with van der Waals surface area (Å²) in [6, 6.07) is 8.09. The van der Waals surface area contributed by atoms with Crippen LogP contribution in [0.5, 0.6) is 5.75 Å². The first-order chi connectivity index (χ1) is 8.24. The predicted octanol–water partition coefficient (Wildman–Crippen LogP) is 3.83. The number of hydrogen-bond donors (Lipinski definition) is 1. The molecule has 2 heteroatoms. The highest BCUT2D eigenvalue weighted by Gasteiger charge is 2.00. The van der Waals surface area contributed by atoms with Crippen molar-refractivity contribution in [2.24, 2.45) is 5.73 Å². The SMILES string of the molecule is C=CCCCCCOc1cccc([C@@H](C)N)c1. The van der Waals surface area contributed by atoms with E-state index in [0.29, 0.717) is 0 Å². The molecule has 94 valence electrons. The molecule has 0 aliphatic rings. The lowest BCUT2D eigenvalue weighted by molar-refractivity contribution is 0.305. The van der Waals surface area contributed by atoms with Crippen LogP contribution in [0.1, 0.15) is 44.2 Å². The third-order valence-corrected chi connectivity index (χ3v) is 2.71. The van der Waals surface area contributed by atoms with Gasteiger partial charge in [-0.3, -0.25) is 0 Å². The highest BCUT2D eigenvalue weighted by atomic mass is 16.5. The topological polar surface area (TPSA) is 35.2 Å². The second-order valence-corrected chi connectivity index (χ2v) is 4.35. The summed E-state index contributed by atoms with van der Waals surface area (Å²) in [5.74, 6) is 0.920. The van der Waals surface area contributed by atoms with Crippen LogP contribution in [0, 0.1) is 0 Å². The van der Waals surface area contributed by atoms with Gasteiger partial charge in [0.25, 0.3) is 0 Å². The quantitative estimate of drug-likeness (QED) is 0.547. The molecule has 0 aromatic heterocycles. The van der Waals surface area contributed by atoms with E-state index in [1.165, 1.54) is 12.8 Å². The van der Waals surface area contributed by atoms with Crippen LogP contribution in [0.25, 0.3) is 0 Å². The lowest BCUT2D eigenvalue weighted by Gasteiger charge is -2.09. The zero-order valence-corrected chi connectivity index (χ0v) is 10.7. The Labute approximate surface area is 104 Å². The lowest BCUT2D eigenvalue weighted by atomic mass is 10.1. The molecule has 0 aliphatic carbocycles. The minimum absolute atomic E-state index is 0.0612. The van der Waals surface area contributed by atoms with Gasteiger partial charge in [0.15, 0.2) is 0 Å². The normalized spacial score (nSPS) is 12.1. The van der Waals surface area contributed by atoms with Crippen LogP contribution >= 0.6 is 0 Å². The number of nitrogens with two attached hydrogens (primary N) is 1. The van der Waals surface area contributed by atoms with Crippen molar-refractivity contribution in [2.75, 3.05) is 6.61 Å². The smallest absolute Gasteiger partial charge is 0.119 e. The van der Waals surface area contributed by atoms with Crippen LogP contribution in [0.4, 0.5) is 0 Å². The first kappa shape index (κ1) is 13.8. The number of rotatable bonds is 8. The molecular formula is C15H23NO. The number of ether oxygens (including phenoxy) is 1. The van der Waals surface area contributed by atoms with E-state index in [4.69, 9.17) is 10.5 Å². The minimum atomic E-state index is 0.0612. The van der Waals surface area contributed by atoms with E-state index < -0.39 is 0 Å². The van der Waals surface area contributed by atoms with E-state index in [-0.39, 0.29) is 6.04 Å². The third-order valence-electron chi connectivity index (χ3n) is 2.71. The molecular weight excluding hydrogens is 210 g/mol. The molecule has 0 bridgehead atoms. The van der Waals surface area contributed by atoms with Gasteiger partial charge in [0.05, 0.1) is 6.61 Å². The number of unbranched alkanes of at least 4 members (excludes halogenated alkanes) is 3. The molecule has 0 saturated heterocycles. The highest BCUT2D eigenvalue weighted by Crippen LogP contribution is 2.17. The fraction of sp³-hybridized carbons (Fsp3) is 0.467. The van der Waals surface area contributed by atoms with E-state index in [0.717, 1.165) is 30.8 Å². The average Bonchev–Trinajstić information content (AvgIpc) is 2.34. The van der Waals surface area contributed by atoms with Crippen molar-refractivity contribution in [3.63, 3.8) is 0 Å². The number of hydrogen-bond acceptors (Lipinski definition) is 2. The van der Waals surface area contributed by atoms with Crippen LogP contribution in [-0.4, -0.2) is 6.61 Å². The third kappa shape index (κ3) is 5.55. The van der Waals surface area contributed by atoms with Crippen LogP contribution in [0.15, 0.2) is 36.9 Å². The molecule has 0 radical (unpaired) electrons. The Morgan fingerprint density at radius 2 is 2.18 bits per heavy atom. The second kappa shape index (κ2) is 7.91. The Morgan fingerprint density at radius 3 is 2.88 bits per heavy atom. The number of benzene rings is 1. The molecule has 0 heterocycles. The average molecular weight is 233 g/mol. The predicted molar refractivity (Wildman–Crippen MR) is 73.2 cm³/mol. The van der Waals surface area contributed by atoms with Crippen LogP contribution in [0.3, 0.4) is 0 Å². The van der Waals surface area contributed by atoms with Gasteiger partial charge in [-0.1, -0.05) is 18.2 Å². The summed E-state index contributed by atoms with van der Waals surface area (Å²) in [5.41, 5.74) is 6.95. The van der Waals surface area contributed by atoms with Gasteiger partial charge >= 0.3 is 0 Å². The molecule has 2 N–H and O–H groups in total. The molecule has 0 saturated carbocycles. The van der Waals surface area contributed by atoms with Gasteiger partial charge in [0, 0.05) is 6.04 Å². The molecule has 1 aromatic carbocycles. The van der Waals surface area contributed by atoms with Gasteiger partial charge in [-0.2, -0.15) is 0 Å². The van der Waals surface area contributed by atoms with Crippen LogP contribution in [0.2, 0.25) is 0 Å². The summed E-state index contributed by atoms with van der Waals surface area (Å²) in [4.78, 5) is 0. The molecule has 2 nitrogen and oxygen atoms in total. The van der Waals surface area contributed by atoms with Gasteiger partial charge in [-0.25, -0.2) is 0 Å². The Balaban J connectivity index is 2.26. The molecule has 1 atom stereocenters. The van der Waals surface area contributed by atoms with Gasteiger partial charge in [-0.15, -0.1) is 6.58 Å². The van der Waals surface area contributed by atoms with Crippen molar-refractivity contribution in [1.82, 2.24) is 0 Å². The fourth-order valence-electron chi connectivity index (χ4n) is 1.65. The highest BCUT2D eigenvalue weighted by molar-refractivity contribution is 5.30. The summed E-state index contributed by atoms with van der Waals surface area (Å²) in [6.07, 6.45) is 6.55. The Bertz CT molecular complexity index is 333. The molecule has 0 amide bonds. The lowest BCUT2D eigenvalue weighted by Crippen LogP contribution is -2.05. The maximum Gasteiger partial charge on any atom is 0.119 e.